The maximum Gasteiger partial charge on any atom is 0.281 e. The standard InChI is InChI=1S/C13H24ClN3O2S2/c1-4-8-15-9-5-10-16(2)21(18,19)17(3)11-12-6-7-13(14)20-12/h6-7,15H,4-5,8-11H2,1-3H3. The second-order valence-electron chi connectivity index (χ2n) is 4.89. The topological polar surface area (TPSA) is 52.7 Å². The number of nitrogens with one attached hydrogen (secondary N) is 1. The number of rotatable bonds is 10. The first-order valence-corrected chi connectivity index (χ1v) is 9.59. The first kappa shape index (κ1) is 18.9. The smallest absolute Gasteiger partial charge is 0.281 e. The van der Waals surface area contributed by atoms with Crippen molar-refractivity contribution in [3.05, 3.63) is 21.3 Å². The van der Waals surface area contributed by atoms with Gasteiger partial charge in [0, 0.05) is 32.1 Å². The third-order valence-electron chi connectivity index (χ3n) is 3.05. The van der Waals surface area contributed by atoms with Crippen LogP contribution < -0.4 is 5.32 Å². The lowest BCUT2D eigenvalue weighted by Gasteiger charge is -2.24. The molecule has 0 spiro atoms. The molecule has 1 aromatic heterocycles. The third-order valence-corrected chi connectivity index (χ3v) is 6.15. The van der Waals surface area contributed by atoms with Gasteiger partial charge in [0.2, 0.25) is 0 Å². The highest BCUT2D eigenvalue weighted by Crippen LogP contribution is 2.23. The highest BCUT2D eigenvalue weighted by Gasteiger charge is 2.23. The Kier molecular flexibility index (Phi) is 8.15. The minimum Gasteiger partial charge on any atom is -0.317 e. The largest absolute Gasteiger partial charge is 0.317 e. The fourth-order valence-corrected chi connectivity index (χ4v) is 4.18. The van der Waals surface area contributed by atoms with Crippen LogP contribution in [0.5, 0.6) is 0 Å². The second kappa shape index (κ2) is 9.07. The van der Waals surface area contributed by atoms with Gasteiger partial charge in [-0.05, 0) is 38.1 Å². The highest BCUT2D eigenvalue weighted by molar-refractivity contribution is 7.86. The van der Waals surface area contributed by atoms with Crippen LogP contribution in [0.4, 0.5) is 0 Å². The predicted molar refractivity (Wildman–Crippen MR) is 90.1 cm³/mol. The Morgan fingerprint density at radius 3 is 2.52 bits per heavy atom. The second-order valence-corrected chi connectivity index (χ2v) is 8.84. The molecular formula is C13H24ClN3O2S2. The van der Waals surface area contributed by atoms with Crippen LogP contribution in [0.1, 0.15) is 24.6 Å². The maximum atomic E-state index is 12.4. The van der Waals surface area contributed by atoms with E-state index in [-0.39, 0.29) is 0 Å². The summed E-state index contributed by atoms with van der Waals surface area (Å²) in [5.74, 6) is 0. The molecule has 0 unspecified atom stereocenters. The van der Waals surface area contributed by atoms with Gasteiger partial charge in [-0.3, -0.25) is 0 Å². The monoisotopic (exact) mass is 353 g/mol. The minimum atomic E-state index is -3.42. The zero-order valence-corrected chi connectivity index (χ0v) is 15.2. The summed E-state index contributed by atoms with van der Waals surface area (Å²) in [6.45, 7) is 4.76. The quantitative estimate of drug-likeness (QED) is 0.657. The zero-order valence-electron chi connectivity index (χ0n) is 12.8. The van der Waals surface area contributed by atoms with E-state index in [1.807, 2.05) is 6.07 Å². The summed E-state index contributed by atoms with van der Waals surface area (Å²) >= 11 is 7.27. The summed E-state index contributed by atoms with van der Waals surface area (Å²) in [7, 11) is -0.208. The first-order chi connectivity index (χ1) is 9.87. The molecule has 122 valence electrons. The molecule has 0 atom stereocenters. The lowest BCUT2D eigenvalue weighted by Crippen LogP contribution is -2.40. The maximum absolute atomic E-state index is 12.4. The summed E-state index contributed by atoms with van der Waals surface area (Å²) in [5, 5.41) is 3.27. The molecule has 1 aromatic rings. The van der Waals surface area contributed by atoms with Gasteiger partial charge in [-0.2, -0.15) is 17.0 Å². The average Bonchev–Trinajstić information content (AvgIpc) is 2.83. The van der Waals surface area contributed by atoms with E-state index in [1.54, 1.807) is 20.2 Å². The Hall–Kier alpha value is -0.180. The van der Waals surface area contributed by atoms with E-state index in [9.17, 15) is 8.42 Å². The van der Waals surface area contributed by atoms with Crippen molar-refractivity contribution in [2.24, 2.45) is 0 Å². The number of halogens is 1. The summed E-state index contributed by atoms with van der Waals surface area (Å²) in [5.41, 5.74) is 0. The highest BCUT2D eigenvalue weighted by atomic mass is 35.5. The number of hydrogen-bond donors (Lipinski definition) is 1. The Labute approximate surface area is 137 Å². The van der Waals surface area contributed by atoms with Crippen molar-refractivity contribution < 1.29 is 8.42 Å². The van der Waals surface area contributed by atoms with Crippen LogP contribution in [0, 0.1) is 0 Å². The summed E-state index contributed by atoms with van der Waals surface area (Å²) in [4.78, 5) is 0.934. The van der Waals surface area contributed by atoms with E-state index >= 15 is 0 Å². The molecule has 0 aromatic carbocycles. The summed E-state index contributed by atoms with van der Waals surface area (Å²) < 4.78 is 28.2. The summed E-state index contributed by atoms with van der Waals surface area (Å²) in [6.07, 6.45) is 1.88. The molecule has 8 heteroatoms. The van der Waals surface area contributed by atoms with Gasteiger partial charge in [0.05, 0.1) is 4.34 Å². The van der Waals surface area contributed by atoms with E-state index in [0.717, 1.165) is 30.8 Å². The van der Waals surface area contributed by atoms with Crippen molar-refractivity contribution >= 4 is 33.1 Å². The third kappa shape index (κ3) is 6.22. The van der Waals surface area contributed by atoms with Crippen LogP contribution in [0.15, 0.2) is 12.1 Å². The number of hydrogen-bond acceptors (Lipinski definition) is 4. The Bertz CT molecular complexity index is 519. The van der Waals surface area contributed by atoms with Crippen molar-refractivity contribution in [1.82, 2.24) is 13.9 Å². The van der Waals surface area contributed by atoms with Gasteiger partial charge in [-0.25, -0.2) is 0 Å². The molecule has 0 saturated carbocycles. The van der Waals surface area contributed by atoms with E-state index in [4.69, 9.17) is 11.6 Å². The van der Waals surface area contributed by atoms with Gasteiger partial charge in [0.25, 0.3) is 10.2 Å². The van der Waals surface area contributed by atoms with Crippen LogP contribution in [0.25, 0.3) is 0 Å². The van der Waals surface area contributed by atoms with Crippen LogP contribution >= 0.6 is 22.9 Å². The molecule has 1 rings (SSSR count). The first-order valence-electron chi connectivity index (χ1n) is 7.00. The molecule has 0 aliphatic carbocycles. The summed E-state index contributed by atoms with van der Waals surface area (Å²) in [6, 6.07) is 3.64. The van der Waals surface area contributed by atoms with Crippen LogP contribution in [-0.4, -0.2) is 50.8 Å². The fraction of sp³-hybridized carbons (Fsp3) is 0.692. The molecule has 0 bridgehead atoms. The van der Waals surface area contributed by atoms with E-state index in [0.29, 0.717) is 17.4 Å². The zero-order chi connectivity index (χ0) is 15.9. The minimum absolute atomic E-state index is 0.345. The molecule has 0 amide bonds. The van der Waals surface area contributed by atoms with Crippen molar-refractivity contribution in [1.29, 1.82) is 0 Å². The molecule has 5 nitrogen and oxygen atoms in total. The van der Waals surface area contributed by atoms with Crippen LogP contribution in [0.3, 0.4) is 0 Å². The van der Waals surface area contributed by atoms with Gasteiger partial charge in [0.1, 0.15) is 0 Å². The van der Waals surface area contributed by atoms with Gasteiger partial charge in [0.15, 0.2) is 0 Å². The molecular weight excluding hydrogens is 330 g/mol. The Morgan fingerprint density at radius 1 is 1.24 bits per heavy atom. The molecule has 0 aliphatic heterocycles. The van der Waals surface area contributed by atoms with Crippen LogP contribution in [0.2, 0.25) is 4.34 Å². The normalized spacial score (nSPS) is 12.5. The van der Waals surface area contributed by atoms with Crippen molar-refractivity contribution in [3.8, 4) is 0 Å². The van der Waals surface area contributed by atoms with Gasteiger partial charge < -0.3 is 5.32 Å². The fourth-order valence-electron chi connectivity index (χ4n) is 1.82. The van der Waals surface area contributed by atoms with Gasteiger partial charge in [-0.15, -0.1) is 11.3 Å². The lowest BCUT2D eigenvalue weighted by molar-refractivity contribution is 0.385. The molecule has 0 radical (unpaired) electrons. The van der Waals surface area contributed by atoms with E-state index in [2.05, 4.69) is 12.2 Å². The SMILES string of the molecule is CCCNCCCN(C)S(=O)(=O)N(C)Cc1ccc(Cl)s1. The van der Waals surface area contributed by atoms with E-state index in [1.165, 1.54) is 19.9 Å². The van der Waals surface area contributed by atoms with Gasteiger partial charge in [-0.1, -0.05) is 18.5 Å². The molecule has 1 N–H and O–H groups in total. The molecule has 0 aliphatic rings. The number of nitrogens with zero attached hydrogens (tertiary/aromatic N) is 2. The lowest BCUT2D eigenvalue weighted by atomic mass is 10.4. The van der Waals surface area contributed by atoms with Crippen molar-refractivity contribution in [2.45, 2.75) is 26.3 Å². The molecule has 0 fully saturated rings. The van der Waals surface area contributed by atoms with Gasteiger partial charge >= 0.3 is 0 Å². The Balaban J connectivity index is 2.46. The average molecular weight is 354 g/mol. The van der Waals surface area contributed by atoms with Crippen molar-refractivity contribution in [3.63, 3.8) is 0 Å². The molecule has 21 heavy (non-hydrogen) atoms. The van der Waals surface area contributed by atoms with Crippen LogP contribution in [-0.2, 0) is 16.8 Å². The number of thiophene rings is 1. The predicted octanol–water partition coefficient (Wildman–Crippen LogP) is 2.40. The Morgan fingerprint density at radius 2 is 1.95 bits per heavy atom. The molecule has 1 heterocycles. The molecule has 0 saturated heterocycles. The van der Waals surface area contributed by atoms with E-state index < -0.39 is 10.2 Å². The van der Waals surface area contributed by atoms with Crippen molar-refractivity contribution in [2.75, 3.05) is 33.7 Å².